The summed E-state index contributed by atoms with van der Waals surface area (Å²) >= 11 is 7.40. The maximum atomic E-state index is 11.5. The Labute approximate surface area is 105 Å². The summed E-state index contributed by atoms with van der Waals surface area (Å²) in [6, 6.07) is 1.62. The van der Waals surface area contributed by atoms with E-state index < -0.39 is 0 Å². The van der Waals surface area contributed by atoms with E-state index in [-0.39, 0.29) is 17.9 Å². The number of hydrogen-bond donors (Lipinski definition) is 1. The van der Waals surface area contributed by atoms with Crippen molar-refractivity contribution in [1.29, 1.82) is 0 Å². The summed E-state index contributed by atoms with van der Waals surface area (Å²) in [5.74, 6) is -0.0273. The van der Waals surface area contributed by atoms with Crippen molar-refractivity contribution in [3.8, 4) is 0 Å². The zero-order valence-electron chi connectivity index (χ0n) is 9.62. The first-order chi connectivity index (χ1) is 7.54. The molecule has 0 fully saturated rings. The SMILES string of the molecule is COC(=O)[C@@H](NCc1cc(Cl)cs1)C(C)C. The first-order valence-corrected chi connectivity index (χ1v) is 6.34. The van der Waals surface area contributed by atoms with E-state index in [0.29, 0.717) is 6.54 Å². The van der Waals surface area contributed by atoms with Crippen molar-refractivity contribution >= 4 is 28.9 Å². The van der Waals surface area contributed by atoms with E-state index in [4.69, 9.17) is 16.3 Å². The molecule has 0 amide bonds. The van der Waals surface area contributed by atoms with Gasteiger partial charge in [0.25, 0.3) is 0 Å². The van der Waals surface area contributed by atoms with Crippen LogP contribution in [0.15, 0.2) is 11.4 Å². The number of hydrogen-bond acceptors (Lipinski definition) is 4. The molecule has 0 aliphatic rings. The lowest BCUT2D eigenvalue weighted by Crippen LogP contribution is -2.41. The Morgan fingerprint density at radius 3 is 2.75 bits per heavy atom. The second-order valence-corrected chi connectivity index (χ2v) is 5.29. The third kappa shape index (κ3) is 3.77. The highest BCUT2D eigenvalue weighted by atomic mass is 35.5. The van der Waals surface area contributed by atoms with Crippen LogP contribution in [-0.2, 0) is 16.1 Å². The van der Waals surface area contributed by atoms with Gasteiger partial charge in [0.15, 0.2) is 0 Å². The van der Waals surface area contributed by atoms with E-state index in [0.717, 1.165) is 9.90 Å². The Bertz CT molecular complexity index is 352. The van der Waals surface area contributed by atoms with Crippen LogP contribution in [0.3, 0.4) is 0 Å². The molecule has 16 heavy (non-hydrogen) atoms. The predicted molar refractivity (Wildman–Crippen MR) is 66.8 cm³/mol. The molecule has 0 aliphatic heterocycles. The molecule has 1 atom stereocenters. The van der Waals surface area contributed by atoms with Gasteiger partial charge >= 0.3 is 5.97 Å². The molecule has 0 radical (unpaired) electrons. The lowest BCUT2D eigenvalue weighted by atomic mass is 10.0. The third-order valence-corrected chi connectivity index (χ3v) is 3.52. The standard InChI is InChI=1S/C11H16ClNO2S/c1-7(2)10(11(14)15-3)13-5-9-4-8(12)6-16-9/h4,6-7,10,13H,5H2,1-3H3/t10-/m0/s1. The topological polar surface area (TPSA) is 38.3 Å². The highest BCUT2D eigenvalue weighted by Gasteiger charge is 2.22. The molecular weight excluding hydrogens is 246 g/mol. The van der Waals surface area contributed by atoms with Crippen molar-refractivity contribution in [2.45, 2.75) is 26.4 Å². The van der Waals surface area contributed by atoms with Crippen molar-refractivity contribution < 1.29 is 9.53 Å². The molecule has 0 saturated carbocycles. The number of thiophene rings is 1. The molecule has 0 aliphatic carbocycles. The Morgan fingerprint density at radius 1 is 1.62 bits per heavy atom. The molecular formula is C11H16ClNO2S. The molecule has 5 heteroatoms. The van der Waals surface area contributed by atoms with Gasteiger partial charge in [-0.25, -0.2) is 0 Å². The van der Waals surface area contributed by atoms with Crippen LogP contribution in [0.2, 0.25) is 5.02 Å². The highest BCUT2D eigenvalue weighted by Crippen LogP contribution is 2.19. The highest BCUT2D eigenvalue weighted by molar-refractivity contribution is 7.10. The molecule has 3 nitrogen and oxygen atoms in total. The van der Waals surface area contributed by atoms with Crippen molar-refractivity contribution in [3.63, 3.8) is 0 Å². The van der Waals surface area contributed by atoms with Crippen LogP contribution in [0.25, 0.3) is 0 Å². The monoisotopic (exact) mass is 261 g/mol. The molecule has 1 aromatic heterocycles. The predicted octanol–water partition coefficient (Wildman–Crippen LogP) is 2.69. The fourth-order valence-corrected chi connectivity index (χ4v) is 2.40. The quantitative estimate of drug-likeness (QED) is 0.829. The van der Waals surface area contributed by atoms with Gasteiger partial charge < -0.3 is 4.74 Å². The molecule has 90 valence electrons. The van der Waals surface area contributed by atoms with Gasteiger partial charge in [-0.3, -0.25) is 10.1 Å². The zero-order valence-corrected chi connectivity index (χ0v) is 11.2. The molecule has 0 bridgehead atoms. The van der Waals surface area contributed by atoms with Crippen LogP contribution < -0.4 is 5.32 Å². The van der Waals surface area contributed by atoms with E-state index in [2.05, 4.69) is 5.32 Å². The Balaban J connectivity index is 2.53. The largest absolute Gasteiger partial charge is 0.468 e. The van der Waals surface area contributed by atoms with E-state index in [1.54, 1.807) is 11.3 Å². The maximum absolute atomic E-state index is 11.5. The first-order valence-electron chi connectivity index (χ1n) is 5.08. The number of carbonyl (C=O) groups excluding carboxylic acids is 1. The molecule has 1 aromatic rings. The van der Waals surface area contributed by atoms with Crippen molar-refractivity contribution in [2.24, 2.45) is 5.92 Å². The molecule has 0 unspecified atom stereocenters. The fraction of sp³-hybridized carbons (Fsp3) is 0.545. The number of esters is 1. The van der Waals surface area contributed by atoms with Gasteiger partial charge in [-0.15, -0.1) is 11.3 Å². The number of nitrogens with one attached hydrogen (secondary N) is 1. The van der Waals surface area contributed by atoms with Crippen LogP contribution >= 0.6 is 22.9 Å². The van der Waals surface area contributed by atoms with Gasteiger partial charge in [0.05, 0.1) is 12.1 Å². The number of rotatable bonds is 5. The van der Waals surface area contributed by atoms with Crippen molar-refractivity contribution in [3.05, 3.63) is 21.3 Å². The molecule has 0 saturated heterocycles. The number of halogens is 1. The minimum atomic E-state index is -0.272. The van der Waals surface area contributed by atoms with Crippen LogP contribution in [-0.4, -0.2) is 19.1 Å². The lowest BCUT2D eigenvalue weighted by Gasteiger charge is -2.19. The van der Waals surface area contributed by atoms with Crippen LogP contribution in [0.1, 0.15) is 18.7 Å². The smallest absolute Gasteiger partial charge is 0.323 e. The molecule has 1 heterocycles. The fourth-order valence-electron chi connectivity index (χ4n) is 1.38. The Morgan fingerprint density at radius 2 is 2.31 bits per heavy atom. The van der Waals surface area contributed by atoms with Gasteiger partial charge in [-0.2, -0.15) is 0 Å². The maximum Gasteiger partial charge on any atom is 0.323 e. The summed E-state index contributed by atoms with van der Waals surface area (Å²) in [4.78, 5) is 12.6. The van der Waals surface area contributed by atoms with Gasteiger partial charge in [0.2, 0.25) is 0 Å². The van der Waals surface area contributed by atoms with E-state index in [9.17, 15) is 4.79 Å². The summed E-state index contributed by atoms with van der Waals surface area (Å²) in [5, 5.41) is 5.79. The van der Waals surface area contributed by atoms with Crippen molar-refractivity contribution in [2.75, 3.05) is 7.11 Å². The Kier molecular flexibility index (Phi) is 5.25. The van der Waals surface area contributed by atoms with Gasteiger partial charge in [-0.05, 0) is 12.0 Å². The zero-order chi connectivity index (χ0) is 12.1. The minimum Gasteiger partial charge on any atom is -0.468 e. The number of carbonyl (C=O) groups is 1. The van der Waals surface area contributed by atoms with Crippen LogP contribution in [0.4, 0.5) is 0 Å². The molecule has 0 aromatic carbocycles. The summed E-state index contributed by atoms with van der Waals surface area (Å²) < 4.78 is 4.74. The van der Waals surface area contributed by atoms with Crippen molar-refractivity contribution in [1.82, 2.24) is 5.32 Å². The molecule has 1 N–H and O–H groups in total. The van der Waals surface area contributed by atoms with E-state index in [1.807, 2.05) is 25.3 Å². The number of ether oxygens (including phenoxy) is 1. The van der Waals surface area contributed by atoms with Crippen LogP contribution in [0.5, 0.6) is 0 Å². The number of methoxy groups -OCH3 is 1. The third-order valence-electron chi connectivity index (χ3n) is 2.24. The first kappa shape index (κ1) is 13.5. The summed E-state index contributed by atoms with van der Waals surface area (Å²) in [6.45, 7) is 4.60. The second kappa shape index (κ2) is 6.23. The second-order valence-electron chi connectivity index (χ2n) is 3.86. The average molecular weight is 262 g/mol. The molecule has 0 spiro atoms. The minimum absolute atomic E-state index is 0.197. The summed E-state index contributed by atoms with van der Waals surface area (Å²) in [5.41, 5.74) is 0. The van der Waals surface area contributed by atoms with Crippen LogP contribution in [0, 0.1) is 5.92 Å². The molecule has 1 rings (SSSR count). The van der Waals surface area contributed by atoms with Gasteiger partial charge in [0, 0.05) is 16.8 Å². The average Bonchev–Trinajstić information content (AvgIpc) is 2.63. The lowest BCUT2D eigenvalue weighted by molar-refractivity contribution is -0.144. The van der Waals surface area contributed by atoms with Gasteiger partial charge in [0.1, 0.15) is 6.04 Å². The van der Waals surface area contributed by atoms with Gasteiger partial charge in [-0.1, -0.05) is 25.4 Å². The summed E-state index contributed by atoms with van der Waals surface area (Å²) in [7, 11) is 1.40. The van der Waals surface area contributed by atoms with E-state index in [1.165, 1.54) is 7.11 Å². The normalized spacial score (nSPS) is 12.8. The Hall–Kier alpha value is -0.580. The summed E-state index contributed by atoms with van der Waals surface area (Å²) in [6.07, 6.45) is 0. The van der Waals surface area contributed by atoms with E-state index >= 15 is 0 Å².